The van der Waals surface area contributed by atoms with Gasteiger partial charge in [0.05, 0.1) is 5.25 Å². The third kappa shape index (κ3) is 3.16. The molecule has 0 fully saturated rings. The first-order chi connectivity index (χ1) is 3.68. The molecule has 0 spiro atoms. The van der Waals surface area contributed by atoms with E-state index in [-0.39, 0.29) is 5.25 Å². The van der Waals surface area contributed by atoms with Crippen LogP contribution in [0.3, 0.4) is 0 Å². The molecule has 0 aromatic heterocycles. The van der Waals surface area contributed by atoms with Crippen LogP contribution in [0.4, 0.5) is 0 Å². The van der Waals surface area contributed by atoms with Crippen LogP contribution in [0.1, 0.15) is 26.7 Å². The average molecular weight is 136 g/mol. The van der Waals surface area contributed by atoms with E-state index in [1.165, 1.54) is 0 Å². The lowest BCUT2D eigenvalue weighted by atomic mass is 10.3. The maximum atomic E-state index is 10.2. The molecule has 0 rings (SSSR count). The summed E-state index contributed by atoms with van der Waals surface area (Å²) >= 11 is -1.61. The van der Waals surface area contributed by atoms with Crippen molar-refractivity contribution >= 4 is 11.1 Å². The van der Waals surface area contributed by atoms with Gasteiger partial charge in [-0.05, 0) is 13.3 Å². The first kappa shape index (κ1) is 8.11. The van der Waals surface area contributed by atoms with Crippen LogP contribution in [0.2, 0.25) is 0 Å². The third-order valence-corrected chi connectivity index (χ3v) is 1.96. The van der Waals surface area contributed by atoms with Crippen molar-refractivity contribution in [1.82, 2.24) is 0 Å². The summed E-state index contributed by atoms with van der Waals surface area (Å²) in [4.78, 5) is 0. The summed E-state index contributed by atoms with van der Waals surface area (Å²) in [5.74, 6) is 0. The van der Waals surface area contributed by atoms with Gasteiger partial charge in [0.15, 0.2) is 11.1 Å². The van der Waals surface area contributed by atoms with Gasteiger partial charge in [-0.25, -0.2) is 4.21 Å². The smallest absolute Gasteiger partial charge is 0.155 e. The highest BCUT2D eigenvalue weighted by molar-refractivity contribution is 7.79. The Morgan fingerprint density at radius 2 is 2.25 bits per heavy atom. The fraction of sp³-hybridized carbons (Fsp3) is 1.00. The van der Waals surface area contributed by atoms with Crippen LogP contribution in [0.15, 0.2) is 0 Å². The molecule has 3 heteroatoms. The summed E-state index contributed by atoms with van der Waals surface area (Å²) in [5.41, 5.74) is 0. The molecule has 2 nitrogen and oxygen atoms in total. The van der Waals surface area contributed by atoms with Gasteiger partial charge in [0.1, 0.15) is 0 Å². The Hall–Kier alpha value is 0.110. The molecule has 0 radical (unpaired) electrons. The molecule has 0 heterocycles. The van der Waals surface area contributed by atoms with E-state index in [9.17, 15) is 4.21 Å². The molecule has 2 unspecified atom stereocenters. The third-order valence-electron chi connectivity index (χ3n) is 1.04. The summed E-state index contributed by atoms with van der Waals surface area (Å²) in [6.45, 7) is 3.78. The van der Waals surface area contributed by atoms with Crippen molar-refractivity contribution in [1.29, 1.82) is 0 Å². The van der Waals surface area contributed by atoms with Crippen molar-refractivity contribution in [2.24, 2.45) is 0 Å². The molecule has 0 aromatic carbocycles. The number of hydrogen-bond acceptors (Lipinski definition) is 1. The molecule has 1 N–H and O–H groups in total. The SMILES string of the molecule is CCCC(C)S(=O)O. The molecular formula is C5H12O2S. The Labute approximate surface area is 52.6 Å². The molecular weight excluding hydrogens is 124 g/mol. The topological polar surface area (TPSA) is 37.3 Å². The van der Waals surface area contributed by atoms with E-state index in [0.717, 1.165) is 12.8 Å². The van der Waals surface area contributed by atoms with Crippen LogP contribution in [-0.4, -0.2) is 14.0 Å². The minimum atomic E-state index is -1.61. The highest BCUT2D eigenvalue weighted by Crippen LogP contribution is 2.00. The van der Waals surface area contributed by atoms with Crippen LogP contribution < -0.4 is 0 Å². The molecule has 8 heavy (non-hydrogen) atoms. The van der Waals surface area contributed by atoms with E-state index in [2.05, 4.69) is 0 Å². The lowest BCUT2D eigenvalue weighted by molar-refractivity contribution is 0.544. The Morgan fingerprint density at radius 3 is 2.38 bits per heavy atom. The summed E-state index contributed by atoms with van der Waals surface area (Å²) in [7, 11) is 0. The lowest BCUT2D eigenvalue weighted by Crippen LogP contribution is -2.07. The van der Waals surface area contributed by atoms with Crippen molar-refractivity contribution < 1.29 is 8.76 Å². The van der Waals surface area contributed by atoms with Gasteiger partial charge in [-0.15, -0.1) is 0 Å². The molecule has 0 saturated carbocycles. The van der Waals surface area contributed by atoms with E-state index < -0.39 is 11.1 Å². The number of hydrogen-bond donors (Lipinski definition) is 1. The summed E-state index contributed by atoms with van der Waals surface area (Å²) in [5, 5.41) is -0.0556. The highest BCUT2D eigenvalue weighted by Gasteiger charge is 2.04. The molecule has 0 aliphatic heterocycles. The van der Waals surface area contributed by atoms with Gasteiger partial charge in [0.25, 0.3) is 0 Å². The predicted octanol–water partition coefficient (Wildman–Crippen LogP) is 1.40. The second-order valence-electron chi connectivity index (χ2n) is 1.88. The zero-order valence-electron chi connectivity index (χ0n) is 5.26. The minimum Gasteiger partial charge on any atom is -0.306 e. The minimum absolute atomic E-state index is 0.0556. The Balaban J connectivity index is 3.32. The lowest BCUT2D eigenvalue weighted by Gasteiger charge is -2.01. The fourth-order valence-corrected chi connectivity index (χ4v) is 0.945. The van der Waals surface area contributed by atoms with Gasteiger partial charge in [-0.2, -0.15) is 0 Å². The van der Waals surface area contributed by atoms with Gasteiger partial charge in [-0.3, -0.25) is 0 Å². The van der Waals surface area contributed by atoms with Crippen molar-refractivity contribution in [2.75, 3.05) is 0 Å². The summed E-state index contributed by atoms with van der Waals surface area (Å²) < 4.78 is 18.6. The van der Waals surface area contributed by atoms with Crippen molar-refractivity contribution in [3.05, 3.63) is 0 Å². The number of rotatable bonds is 3. The van der Waals surface area contributed by atoms with Gasteiger partial charge in [0, 0.05) is 0 Å². The molecule has 2 atom stereocenters. The molecule has 0 aliphatic rings. The Bertz CT molecular complexity index is 82.5. The van der Waals surface area contributed by atoms with Gasteiger partial charge >= 0.3 is 0 Å². The predicted molar refractivity (Wildman–Crippen MR) is 35.1 cm³/mol. The molecule has 0 aliphatic carbocycles. The van der Waals surface area contributed by atoms with Gasteiger partial charge in [-0.1, -0.05) is 13.3 Å². The van der Waals surface area contributed by atoms with Crippen LogP contribution in [-0.2, 0) is 11.1 Å². The van der Waals surface area contributed by atoms with Crippen LogP contribution in [0, 0.1) is 0 Å². The Morgan fingerprint density at radius 1 is 1.75 bits per heavy atom. The van der Waals surface area contributed by atoms with E-state index in [1.807, 2.05) is 6.92 Å². The Kier molecular flexibility index (Phi) is 4.09. The molecule has 0 saturated heterocycles. The monoisotopic (exact) mass is 136 g/mol. The van der Waals surface area contributed by atoms with Crippen LogP contribution >= 0.6 is 0 Å². The van der Waals surface area contributed by atoms with Crippen molar-refractivity contribution in [3.63, 3.8) is 0 Å². The zero-order chi connectivity index (χ0) is 6.57. The molecule has 50 valence electrons. The van der Waals surface area contributed by atoms with E-state index in [4.69, 9.17) is 4.55 Å². The fourth-order valence-electron chi connectivity index (χ4n) is 0.507. The summed E-state index contributed by atoms with van der Waals surface area (Å²) in [6, 6.07) is 0. The van der Waals surface area contributed by atoms with E-state index in [1.54, 1.807) is 6.92 Å². The first-order valence-corrected chi connectivity index (χ1v) is 3.95. The molecule has 0 aromatic rings. The van der Waals surface area contributed by atoms with E-state index >= 15 is 0 Å². The average Bonchev–Trinajstić information content (AvgIpc) is 1.67. The van der Waals surface area contributed by atoms with Crippen molar-refractivity contribution in [2.45, 2.75) is 31.9 Å². The summed E-state index contributed by atoms with van der Waals surface area (Å²) in [6.07, 6.45) is 1.82. The maximum absolute atomic E-state index is 10.2. The van der Waals surface area contributed by atoms with Gasteiger partial charge < -0.3 is 4.55 Å². The van der Waals surface area contributed by atoms with Crippen LogP contribution in [0.25, 0.3) is 0 Å². The highest BCUT2D eigenvalue weighted by atomic mass is 32.2. The second-order valence-corrected chi connectivity index (χ2v) is 3.23. The zero-order valence-corrected chi connectivity index (χ0v) is 6.07. The molecule has 0 bridgehead atoms. The second kappa shape index (κ2) is 4.04. The quantitative estimate of drug-likeness (QED) is 0.595. The van der Waals surface area contributed by atoms with Crippen LogP contribution in [0.5, 0.6) is 0 Å². The van der Waals surface area contributed by atoms with E-state index in [0.29, 0.717) is 0 Å². The first-order valence-electron chi connectivity index (χ1n) is 2.78. The normalized spacial score (nSPS) is 17.9. The standard InChI is InChI=1S/C5H12O2S/c1-3-4-5(2)8(6)7/h5H,3-4H2,1-2H3,(H,6,7). The molecule has 0 amide bonds. The largest absolute Gasteiger partial charge is 0.306 e. The van der Waals surface area contributed by atoms with Crippen molar-refractivity contribution in [3.8, 4) is 0 Å². The van der Waals surface area contributed by atoms with Gasteiger partial charge in [0.2, 0.25) is 0 Å². The maximum Gasteiger partial charge on any atom is 0.155 e.